The normalized spacial score (nSPS) is 7.47. The van der Waals surface area contributed by atoms with Crippen LogP contribution >= 0.6 is 0 Å². The van der Waals surface area contributed by atoms with Crippen LogP contribution in [0.1, 0.15) is 20.8 Å². The van der Waals surface area contributed by atoms with Gasteiger partial charge in [0.05, 0.1) is 0 Å². The van der Waals surface area contributed by atoms with Gasteiger partial charge in [-0.25, -0.2) is 0 Å². The molecular weight excluding hydrogens is 270 g/mol. The van der Waals surface area contributed by atoms with Crippen molar-refractivity contribution in [3.63, 3.8) is 0 Å². The molecule has 5 heteroatoms. The van der Waals surface area contributed by atoms with E-state index in [-0.39, 0.29) is 19.5 Å². The molecule has 0 atom stereocenters. The van der Waals surface area contributed by atoms with E-state index >= 15 is 0 Å². The third-order valence-corrected chi connectivity index (χ3v) is 0.994. The Morgan fingerprint density at radius 1 is 0.941 bits per heavy atom. The summed E-state index contributed by atoms with van der Waals surface area (Å²) in [5, 5.41) is 7.42. The molecule has 0 amide bonds. The van der Waals surface area contributed by atoms with Crippen molar-refractivity contribution >= 4 is 5.97 Å². The molecule has 0 aromatic carbocycles. The van der Waals surface area contributed by atoms with Crippen LogP contribution in [0.25, 0.3) is 0 Å². The Bertz CT molecular complexity index is 109. The zero-order chi connectivity index (χ0) is 14.1. The van der Waals surface area contributed by atoms with Crippen LogP contribution in [0.15, 0.2) is 0 Å². The third-order valence-electron chi connectivity index (χ3n) is 0.994. The molecule has 0 rings (SSSR count). The Kier molecular flexibility index (Phi) is 52.9. The average Bonchev–Trinajstić information content (AvgIpc) is 2.20. The van der Waals surface area contributed by atoms with Crippen LogP contribution < -0.4 is 0 Å². The van der Waals surface area contributed by atoms with Gasteiger partial charge in [-0.1, -0.05) is 0 Å². The number of carboxylic acids is 1. The number of nitrogens with zero attached hydrogens (tertiary/aromatic N) is 2. The van der Waals surface area contributed by atoms with Crippen molar-refractivity contribution in [1.82, 2.24) is 9.80 Å². The van der Waals surface area contributed by atoms with Gasteiger partial charge in [0, 0.05) is 20.0 Å². The van der Waals surface area contributed by atoms with E-state index in [1.54, 1.807) is 13.8 Å². The summed E-state index contributed by atoms with van der Waals surface area (Å²) in [4.78, 5) is 13.4. The van der Waals surface area contributed by atoms with Gasteiger partial charge in [0.25, 0.3) is 5.97 Å². The Hall–Kier alpha value is 0.0134. The van der Waals surface area contributed by atoms with Crippen molar-refractivity contribution in [1.29, 1.82) is 0 Å². The summed E-state index contributed by atoms with van der Waals surface area (Å²) in [6.07, 6.45) is 0. The average molecular weight is 300 g/mol. The van der Waals surface area contributed by atoms with Gasteiger partial charge in [0.15, 0.2) is 0 Å². The SMILES string of the molecule is CC(=O)O.CN(C)CCN(C)C.[CH2-]C.[CH2-]C.[Zn+2]. The van der Waals surface area contributed by atoms with Gasteiger partial charge in [0.1, 0.15) is 0 Å². The van der Waals surface area contributed by atoms with Crippen LogP contribution in [0.5, 0.6) is 0 Å². The maximum absolute atomic E-state index is 9.00. The molecule has 4 nitrogen and oxygen atoms in total. The van der Waals surface area contributed by atoms with Crippen LogP contribution in [-0.2, 0) is 24.3 Å². The summed E-state index contributed by atoms with van der Waals surface area (Å²) in [7, 11) is 8.35. The van der Waals surface area contributed by atoms with Crippen LogP contribution in [-0.4, -0.2) is 62.2 Å². The molecule has 0 spiro atoms. The van der Waals surface area contributed by atoms with E-state index in [0.29, 0.717) is 0 Å². The number of hydrogen-bond acceptors (Lipinski definition) is 3. The number of likely N-dealkylation sites (N-methyl/N-ethyl adjacent to an activating group) is 2. The van der Waals surface area contributed by atoms with E-state index in [0.717, 1.165) is 20.0 Å². The Labute approximate surface area is 121 Å². The minimum atomic E-state index is -0.833. The smallest absolute Gasteiger partial charge is 0.481 e. The van der Waals surface area contributed by atoms with Crippen molar-refractivity contribution in [2.75, 3.05) is 41.3 Å². The van der Waals surface area contributed by atoms with E-state index in [1.807, 2.05) is 0 Å². The predicted molar refractivity (Wildman–Crippen MR) is 72.5 cm³/mol. The van der Waals surface area contributed by atoms with Crippen molar-refractivity contribution in [2.45, 2.75) is 20.8 Å². The number of aliphatic carboxylic acids is 1. The Balaban J connectivity index is -0.0000000457. The molecule has 102 valence electrons. The molecule has 17 heavy (non-hydrogen) atoms. The molecule has 0 aliphatic heterocycles. The maximum atomic E-state index is 9.00. The molecule has 0 saturated heterocycles. The third kappa shape index (κ3) is 125. The molecule has 0 saturated carbocycles. The standard InChI is InChI=1S/C6H16N2.C2H4O2.2C2H5.Zn/c1-7(2)5-6-8(3)4;1-2(3)4;2*1-2;/h5-6H2,1-4H3;1H3,(H,3,4);2*1H2,2H3;/q;;2*-1;+2. The number of carboxylic acid groups (broad SMARTS) is 1. The fourth-order valence-corrected chi connectivity index (χ4v) is 0.400. The molecule has 0 bridgehead atoms. The van der Waals surface area contributed by atoms with Crippen molar-refractivity contribution < 1.29 is 29.4 Å². The maximum Gasteiger partial charge on any atom is 2.00 e. The number of carbonyl (C=O) groups is 1. The minimum Gasteiger partial charge on any atom is -0.481 e. The first-order chi connectivity index (χ1) is 7.36. The van der Waals surface area contributed by atoms with E-state index < -0.39 is 5.97 Å². The first-order valence-corrected chi connectivity index (χ1v) is 5.26. The van der Waals surface area contributed by atoms with Crippen molar-refractivity contribution in [3.8, 4) is 0 Å². The molecule has 0 fully saturated rings. The zero-order valence-corrected chi connectivity index (χ0v) is 15.8. The molecule has 0 aromatic heterocycles. The van der Waals surface area contributed by atoms with E-state index in [4.69, 9.17) is 9.90 Å². The van der Waals surface area contributed by atoms with Gasteiger partial charge >= 0.3 is 19.5 Å². The molecule has 0 unspecified atom stereocenters. The fraction of sp³-hybridized carbons (Fsp3) is 0.750. The second-order valence-corrected chi connectivity index (χ2v) is 3.13. The van der Waals surface area contributed by atoms with Crippen LogP contribution in [0.4, 0.5) is 0 Å². The summed E-state index contributed by atoms with van der Waals surface area (Å²) >= 11 is 0. The van der Waals surface area contributed by atoms with Gasteiger partial charge in [-0.2, -0.15) is 13.8 Å². The van der Waals surface area contributed by atoms with Crippen LogP contribution in [0.3, 0.4) is 0 Å². The number of hydrogen-bond donors (Lipinski definition) is 1. The zero-order valence-electron chi connectivity index (χ0n) is 12.8. The van der Waals surface area contributed by atoms with E-state index in [1.165, 1.54) is 0 Å². The second-order valence-electron chi connectivity index (χ2n) is 3.13. The van der Waals surface area contributed by atoms with E-state index in [9.17, 15) is 0 Å². The molecule has 0 aliphatic rings. The first-order valence-electron chi connectivity index (χ1n) is 5.26. The molecule has 0 aromatic rings. The van der Waals surface area contributed by atoms with Crippen LogP contribution in [0, 0.1) is 13.8 Å². The molecule has 0 heterocycles. The number of rotatable bonds is 3. The van der Waals surface area contributed by atoms with Crippen molar-refractivity contribution in [2.24, 2.45) is 0 Å². The minimum absolute atomic E-state index is 0. The quantitative estimate of drug-likeness (QED) is 0.638. The first kappa shape index (κ1) is 30.2. The summed E-state index contributed by atoms with van der Waals surface area (Å²) in [6, 6.07) is 0. The van der Waals surface area contributed by atoms with Gasteiger partial charge in [-0.15, -0.1) is 0 Å². The van der Waals surface area contributed by atoms with Gasteiger partial charge < -0.3 is 28.8 Å². The second kappa shape index (κ2) is 29.8. The fourth-order valence-electron chi connectivity index (χ4n) is 0.400. The molecule has 1 N–H and O–H groups in total. The Morgan fingerprint density at radius 2 is 1.06 bits per heavy atom. The van der Waals surface area contributed by atoms with Crippen LogP contribution in [0.2, 0.25) is 0 Å². The Morgan fingerprint density at radius 3 is 1.12 bits per heavy atom. The topological polar surface area (TPSA) is 43.8 Å². The largest absolute Gasteiger partial charge is 2.00 e. The van der Waals surface area contributed by atoms with E-state index in [2.05, 4.69) is 51.8 Å². The molecule has 0 radical (unpaired) electrons. The summed E-state index contributed by atoms with van der Waals surface area (Å²) in [6.45, 7) is 13.4. The summed E-state index contributed by atoms with van der Waals surface area (Å²) in [5.74, 6) is -0.833. The van der Waals surface area contributed by atoms with Crippen molar-refractivity contribution in [3.05, 3.63) is 13.8 Å². The molecular formula is C12H30N2O2Zn. The summed E-state index contributed by atoms with van der Waals surface area (Å²) in [5.41, 5.74) is 0. The van der Waals surface area contributed by atoms with Gasteiger partial charge in [0.2, 0.25) is 0 Å². The summed E-state index contributed by atoms with van der Waals surface area (Å²) < 4.78 is 0. The predicted octanol–water partition coefficient (Wildman–Crippen LogP) is 1.88. The van der Waals surface area contributed by atoms with Gasteiger partial charge in [-0.3, -0.25) is 4.79 Å². The monoisotopic (exact) mass is 298 g/mol. The molecule has 0 aliphatic carbocycles. The van der Waals surface area contributed by atoms with Gasteiger partial charge in [-0.05, 0) is 28.2 Å².